The predicted octanol–water partition coefficient (Wildman–Crippen LogP) is 3.69. The van der Waals surface area contributed by atoms with E-state index in [-0.39, 0.29) is 38.6 Å². The van der Waals surface area contributed by atoms with Gasteiger partial charge in [-0.1, -0.05) is 69.3 Å². The zero-order valence-corrected chi connectivity index (χ0v) is 20.3. The zero-order chi connectivity index (χ0) is 25.2. The summed E-state index contributed by atoms with van der Waals surface area (Å²) in [6.07, 6.45) is -0.273. The van der Waals surface area contributed by atoms with Gasteiger partial charge >= 0.3 is 12.1 Å². The van der Waals surface area contributed by atoms with Gasteiger partial charge in [0.15, 0.2) is 0 Å². The lowest BCUT2D eigenvalue weighted by molar-refractivity contribution is -0.147. The van der Waals surface area contributed by atoms with Gasteiger partial charge in [0.2, 0.25) is 5.91 Å². The fourth-order valence-corrected chi connectivity index (χ4v) is 4.88. The summed E-state index contributed by atoms with van der Waals surface area (Å²) in [4.78, 5) is 38.0. The predicted molar refractivity (Wildman–Crippen MR) is 130 cm³/mol. The molecule has 2 amide bonds. The van der Waals surface area contributed by atoms with Crippen LogP contribution in [0.5, 0.6) is 0 Å². The molecule has 1 heterocycles. The molecule has 4 rings (SSSR count). The van der Waals surface area contributed by atoms with E-state index in [0.717, 1.165) is 22.3 Å². The number of hydrogen-bond donors (Lipinski definition) is 3. The molecule has 0 radical (unpaired) electrons. The number of alkyl carbamates (subject to hydrolysis) is 1. The maximum absolute atomic E-state index is 13.3. The molecule has 1 aliphatic carbocycles. The van der Waals surface area contributed by atoms with E-state index in [2.05, 4.69) is 22.8 Å². The smallest absolute Gasteiger partial charge is 0.408 e. The third kappa shape index (κ3) is 5.03. The lowest BCUT2D eigenvalue weighted by atomic mass is 9.84. The number of carbonyl (C=O) groups is 3. The van der Waals surface area contributed by atoms with Crippen LogP contribution in [0.25, 0.3) is 11.1 Å². The molecule has 0 aromatic heterocycles. The molecule has 1 saturated heterocycles. The maximum atomic E-state index is 13.3. The van der Waals surface area contributed by atoms with Gasteiger partial charge in [-0.05, 0) is 27.7 Å². The summed E-state index contributed by atoms with van der Waals surface area (Å²) in [5.41, 5.74) is 2.42. The minimum atomic E-state index is -1.31. The highest BCUT2D eigenvalue weighted by Crippen LogP contribution is 2.44. The van der Waals surface area contributed by atoms with E-state index in [1.807, 2.05) is 36.4 Å². The summed E-state index contributed by atoms with van der Waals surface area (Å²) in [5, 5.41) is 15.0. The molecule has 0 saturated carbocycles. The van der Waals surface area contributed by atoms with Crippen LogP contribution in [-0.2, 0) is 19.1 Å². The number of aliphatic carboxylic acids is 1. The highest BCUT2D eigenvalue weighted by Gasteiger charge is 2.45. The van der Waals surface area contributed by atoms with Gasteiger partial charge in [0, 0.05) is 32.0 Å². The molecule has 1 aliphatic heterocycles. The third-order valence-corrected chi connectivity index (χ3v) is 6.85. The molecule has 1 fully saturated rings. The van der Waals surface area contributed by atoms with Crippen LogP contribution in [0.2, 0.25) is 0 Å². The minimum absolute atomic E-state index is 0.107. The Bertz CT molecular complexity index is 1070. The fraction of sp³-hybridized carbons (Fsp3) is 0.444. The third-order valence-electron chi connectivity index (χ3n) is 6.85. The van der Waals surface area contributed by atoms with Gasteiger partial charge in [0.05, 0.1) is 0 Å². The highest BCUT2D eigenvalue weighted by atomic mass is 16.5. The second kappa shape index (κ2) is 9.70. The van der Waals surface area contributed by atoms with Crippen LogP contribution < -0.4 is 10.6 Å². The molecular weight excluding hydrogens is 448 g/mol. The lowest BCUT2D eigenvalue weighted by Gasteiger charge is -2.38. The quantitative estimate of drug-likeness (QED) is 0.581. The van der Waals surface area contributed by atoms with Crippen molar-refractivity contribution in [2.45, 2.75) is 51.1 Å². The first-order valence-electron chi connectivity index (χ1n) is 11.9. The fourth-order valence-electron chi connectivity index (χ4n) is 4.88. The van der Waals surface area contributed by atoms with Crippen LogP contribution in [0.1, 0.15) is 50.7 Å². The molecule has 8 nitrogen and oxygen atoms in total. The molecule has 2 aromatic rings. The van der Waals surface area contributed by atoms with Crippen molar-refractivity contribution in [3.63, 3.8) is 0 Å². The molecule has 186 valence electrons. The van der Waals surface area contributed by atoms with E-state index in [1.54, 1.807) is 20.8 Å². The van der Waals surface area contributed by atoms with E-state index in [4.69, 9.17) is 9.47 Å². The van der Waals surface area contributed by atoms with E-state index in [0.29, 0.717) is 0 Å². The van der Waals surface area contributed by atoms with Crippen LogP contribution in [0.15, 0.2) is 48.5 Å². The monoisotopic (exact) mass is 480 g/mol. The summed E-state index contributed by atoms with van der Waals surface area (Å²) < 4.78 is 11.1. The van der Waals surface area contributed by atoms with Gasteiger partial charge in [-0.2, -0.15) is 0 Å². The molecule has 35 heavy (non-hydrogen) atoms. The number of ether oxygens (including phenoxy) is 2. The van der Waals surface area contributed by atoms with Crippen molar-refractivity contribution in [1.82, 2.24) is 10.6 Å². The van der Waals surface area contributed by atoms with Crippen LogP contribution in [-0.4, -0.2) is 54.5 Å². The molecule has 8 heteroatoms. The van der Waals surface area contributed by atoms with Crippen LogP contribution >= 0.6 is 0 Å². The first-order chi connectivity index (χ1) is 16.6. The standard InChI is InChI=1S/C27H32N2O6/c1-26(2,3)22(23(30)31)28-24(32)27(12-14-34-15-13-27)29-25(33)35-16-21-19-10-6-4-8-17(19)18-9-5-7-11-20(18)21/h4-11,21-22H,12-16H2,1-3H3,(H,28,32)(H,29,33)(H,30,31)/t22-/m0/s1. The summed E-state index contributed by atoms with van der Waals surface area (Å²) in [5.74, 6) is -1.78. The van der Waals surface area contributed by atoms with E-state index in [9.17, 15) is 19.5 Å². The molecular formula is C27H32N2O6. The Balaban J connectivity index is 1.48. The highest BCUT2D eigenvalue weighted by molar-refractivity contribution is 5.93. The van der Waals surface area contributed by atoms with Gasteiger partial charge < -0.3 is 25.2 Å². The van der Waals surface area contributed by atoms with Crippen molar-refractivity contribution in [2.75, 3.05) is 19.8 Å². The average molecular weight is 481 g/mol. The van der Waals surface area contributed by atoms with Gasteiger partial charge in [-0.3, -0.25) is 4.79 Å². The van der Waals surface area contributed by atoms with Crippen molar-refractivity contribution >= 4 is 18.0 Å². The summed E-state index contributed by atoms with van der Waals surface area (Å²) >= 11 is 0. The molecule has 1 atom stereocenters. The van der Waals surface area contributed by atoms with E-state index >= 15 is 0 Å². The number of carbonyl (C=O) groups excluding carboxylic acids is 2. The second-order valence-electron chi connectivity index (χ2n) is 10.3. The van der Waals surface area contributed by atoms with Gasteiger partial charge in [-0.15, -0.1) is 0 Å². The van der Waals surface area contributed by atoms with Crippen LogP contribution in [0, 0.1) is 5.41 Å². The molecule has 0 bridgehead atoms. The number of benzene rings is 2. The Hall–Kier alpha value is -3.39. The largest absolute Gasteiger partial charge is 0.480 e. The number of rotatable bonds is 6. The number of fused-ring (bicyclic) bond motifs is 3. The second-order valence-corrected chi connectivity index (χ2v) is 10.3. The molecule has 2 aromatic carbocycles. The van der Waals surface area contributed by atoms with Crippen LogP contribution in [0.4, 0.5) is 4.79 Å². The molecule has 0 spiro atoms. The van der Waals surface area contributed by atoms with Gasteiger partial charge in [0.25, 0.3) is 0 Å². The number of carboxylic acid groups (broad SMARTS) is 1. The molecule has 2 aliphatic rings. The van der Waals surface area contributed by atoms with E-state index < -0.39 is 35.0 Å². The first-order valence-corrected chi connectivity index (χ1v) is 11.9. The molecule has 0 unspecified atom stereocenters. The minimum Gasteiger partial charge on any atom is -0.480 e. The Kier molecular flexibility index (Phi) is 6.85. The van der Waals surface area contributed by atoms with Crippen molar-refractivity contribution in [2.24, 2.45) is 5.41 Å². The number of carboxylic acids is 1. The number of amides is 2. The van der Waals surface area contributed by atoms with Crippen LogP contribution in [0.3, 0.4) is 0 Å². The Morgan fingerprint density at radius 3 is 2.09 bits per heavy atom. The van der Waals surface area contributed by atoms with Gasteiger partial charge in [0.1, 0.15) is 18.2 Å². The normalized spacial score (nSPS) is 17.6. The van der Waals surface area contributed by atoms with Crippen molar-refractivity contribution in [1.29, 1.82) is 0 Å². The lowest BCUT2D eigenvalue weighted by Crippen LogP contribution is -2.64. The zero-order valence-electron chi connectivity index (χ0n) is 20.3. The SMILES string of the molecule is CC(C)(C)[C@@H](NC(=O)C1(NC(=O)OCC2c3ccccc3-c3ccccc32)CCOCC1)C(=O)O. The number of hydrogen-bond acceptors (Lipinski definition) is 5. The number of nitrogens with one attached hydrogen (secondary N) is 2. The summed E-state index contributed by atoms with van der Waals surface area (Å²) in [6.45, 7) is 5.87. The van der Waals surface area contributed by atoms with Crippen molar-refractivity contribution in [3.8, 4) is 11.1 Å². The van der Waals surface area contributed by atoms with Crippen molar-refractivity contribution in [3.05, 3.63) is 59.7 Å². The Labute approximate surface area is 205 Å². The van der Waals surface area contributed by atoms with Crippen molar-refractivity contribution < 1.29 is 29.0 Å². The summed E-state index contributed by atoms with van der Waals surface area (Å²) in [6, 6.07) is 15.0. The maximum Gasteiger partial charge on any atom is 0.408 e. The van der Waals surface area contributed by atoms with E-state index in [1.165, 1.54) is 0 Å². The van der Waals surface area contributed by atoms with Gasteiger partial charge in [-0.25, -0.2) is 9.59 Å². The Morgan fingerprint density at radius 1 is 1.03 bits per heavy atom. The average Bonchev–Trinajstić information content (AvgIpc) is 3.14. The summed E-state index contributed by atoms with van der Waals surface area (Å²) in [7, 11) is 0. The topological polar surface area (TPSA) is 114 Å². The first kappa shape index (κ1) is 24.7. The molecule has 3 N–H and O–H groups in total. The Morgan fingerprint density at radius 2 is 1.57 bits per heavy atom.